The third kappa shape index (κ3) is 1.27. The van der Waals surface area contributed by atoms with E-state index in [0.29, 0.717) is 5.76 Å². The van der Waals surface area contributed by atoms with Crippen molar-refractivity contribution in [2.24, 2.45) is 0 Å². The number of rotatable bonds is 3. The second kappa shape index (κ2) is 3.89. The van der Waals surface area contributed by atoms with Crippen LogP contribution in [0.1, 0.15) is 16.7 Å². The molecule has 0 amide bonds. The lowest BCUT2D eigenvalue weighted by Gasteiger charge is -2.05. The Balaban J connectivity index is 2.70. The van der Waals surface area contributed by atoms with Gasteiger partial charge in [0.2, 0.25) is 0 Å². The molecule has 0 N–H and O–H groups in total. The van der Waals surface area contributed by atoms with Crippen molar-refractivity contribution < 1.29 is 9.47 Å². The smallest absolute Gasteiger partial charge is 0.169 e. The van der Waals surface area contributed by atoms with Crippen LogP contribution in [0.25, 0.3) is 17.4 Å². The molecule has 0 saturated heterocycles. The maximum absolute atomic E-state index is 5.37. The van der Waals surface area contributed by atoms with Crippen molar-refractivity contribution in [2.75, 3.05) is 14.2 Å². The highest BCUT2D eigenvalue weighted by atomic mass is 16.5. The molecule has 0 heterocycles. The largest absolute Gasteiger partial charge is 0.492 e. The summed E-state index contributed by atoms with van der Waals surface area (Å²) in [5, 5.41) is 0. The van der Waals surface area contributed by atoms with Crippen molar-refractivity contribution in [3.63, 3.8) is 0 Å². The van der Waals surface area contributed by atoms with E-state index in [0.717, 1.165) is 28.0 Å². The summed E-state index contributed by atoms with van der Waals surface area (Å²) in [6, 6.07) is 5.97. The molecule has 1 aliphatic rings. The fourth-order valence-electron chi connectivity index (χ4n) is 2.06. The second-order valence-corrected chi connectivity index (χ2v) is 3.52. The first kappa shape index (κ1) is 10.6. The Kier molecular flexibility index (Phi) is 2.57. The average molecular weight is 214 g/mol. The van der Waals surface area contributed by atoms with Crippen LogP contribution in [0.3, 0.4) is 0 Å². The highest BCUT2D eigenvalue weighted by molar-refractivity contribution is 5.98. The molecule has 0 radical (unpaired) electrons. The molecule has 1 aromatic carbocycles. The monoisotopic (exact) mass is 214 g/mol. The van der Waals surface area contributed by atoms with Gasteiger partial charge in [-0.3, -0.25) is 0 Å². The van der Waals surface area contributed by atoms with E-state index in [1.165, 1.54) is 0 Å². The first-order valence-corrected chi connectivity index (χ1v) is 5.02. The van der Waals surface area contributed by atoms with Gasteiger partial charge in [-0.2, -0.15) is 0 Å². The Bertz CT molecular complexity index is 495. The van der Waals surface area contributed by atoms with Crippen molar-refractivity contribution in [1.82, 2.24) is 0 Å². The summed E-state index contributed by atoms with van der Waals surface area (Å²) in [6.07, 6.45) is 1.82. The molecule has 0 spiro atoms. The van der Waals surface area contributed by atoms with Gasteiger partial charge in [0.15, 0.2) is 11.5 Å². The van der Waals surface area contributed by atoms with E-state index in [2.05, 4.69) is 13.2 Å². The molecule has 82 valence electrons. The van der Waals surface area contributed by atoms with E-state index in [4.69, 9.17) is 9.47 Å². The van der Waals surface area contributed by atoms with Gasteiger partial charge < -0.3 is 9.47 Å². The number of methoxy groups -OCH3 is 2. The molecule has 0 saturated carbocycles. The summed E-state index contributed by atoms with van der Waals surface area (Å²) in [5.41, 5.74) is 3.96. The van der Waals surface area contributed by atoms with Gasteiger partial charge in [-0.1, -0.05) is 37.4 Å². The molecule has 0 bridgehead atoms. The Morgan fingerprint density at radius 2 is 1.81 bits per heavy atom. The molecule has 2 rings (SSSR count). The minimum atomic E-state index is 0.701. The normalized spacial score (nSPS) is 13.8. The molecule has 0 atom stereocenters. The Morgan fingerprint density at radius 1 is 1.12 bits per heavy atom. The number of allylic oxidation sites excluding steroid dienone is 1. The second-order valence-electron chi connectivity index (χ2n) is 3.52. The molecule has 0 aliphatic heterocycles. The predicted molar refractivity (Wildman–Crippen MR) is 66.5 cm³/mol. The predicted octanol–water partition coefficient (Wildman–Crippen LogP) is 3.32. The number of hydrogen-bond acceptors (Lipinski definition) is 2. The Morgan fingerprint density at radius 3 is 2.38 bits per heavy atom. The first-order valence-electron chi connectivity index (χ1n) is 5.02. The summed E-state index contributed by atoms with van der Waals surface area (Å²) in [5.74, 6) is 1.44. The third-order valence-electron chi connectivity index (χ3n) is 2.75. The molecular formula is C14H14O2. The first-order chi connectivity index (χ1) is 7.74. The quantitative estimate of drug-likeness (QED) is 0.768. The fraction of sp³-hybridized carbons (Fsp3) is 0.143. The number of fused-ring (bicyclic) bond motifs is 1. The average Bonchev–Trinajstić information content (AvgIpc) is 2.61. The minimum Gasteiger partial charge on any atom is -0.492 e. The highest BCUT2D eigenvalue weighted by Gasteiger charge is 2.28. The summed E-state index contributed by atoms with van der Waals surface area (Å²) >= 11 is 0. The van der Waals surface area contributed by atoms with Gasteiger partial charge in [0.1, 0.15) is 0 Å². The number of ether oxygens (including phenoxy) is 2. The van der Waals surface area contributed by atoms with Crippen LogP contribution in [0.4, 0.5) is 0 Å². The van der Waals surface area contributed by atoms with E-state index in [1.54, 1.807) is 14.2 Å². The third-order valence-corrected chi connectivity index (χ3v) is 2.75. The maximum atomic E-state index is 5.37. The lowest BCUT2D eigenvalue weighted by atomic mass is 10.00. The molecule has 2 nitrogen and oxygen atoms in total. The summed E-state index contributed by atoms with van der Waals surface area (Å²) in [4.78, 5) is 0. The minimum absolute atomic E-state index is 0.701. The molecule has 0 aromatic heterocycles. The zero-order valence-corrected chi connectivity index (χ0v) is 9.54. The van der Waals surface area contributed by atoms with Crippen LogP contribution < -0.4 is 0 Å². The van der Waals surface area contributed by atoms with Crippen LogP contribution in [0.15, 0.2) is 37.1 Å². The standard InChI is InChI=1S/C14H14O2/c1-5-10-7-6-8-11-12(10)9(2)13(15-3)14(11)16-4/h5-8H,1-2H2,3-4H3. The van der Waals surface area contributed by atoms with E-state index in [1.807, 2.05) is 24.3 Å². The van der Waals surface area contributed by atoms with Gasteiger partial charge in [-0.15, -0.1) is 0 Å². The lowest BCUT2D eigenvalue weighted by Crippen LogP contribution is -1.89. The molecule has 2 heteroatoms. The summed E-state index contributed by atoms with van der Waals surface area (Å²) in [7, 11) is 3.26. The molecule has 16 heavy (non-hydrogen) atoms. The van der Waals surface area contributed by atoms with E-state index < -0.39 is 0 Å². The molecule has 0 fully saturated rings. The molecule has 1 aliphatic carbocycles. The van der Waals surface area contributed by atoms with Crippen molar-refractivity contribution in [3.05, 3.63) is 53.8 Å². The van der Waals surface area contributed by atoms with Gasteiger partial charge >= 0.3 is 0 Å². The van der Waals surface area contributed by atoms with Crippen LogP contribution in [0.2, 0.25) is 0 Å². The van der Waals surface area contributed by atoms with Crippen LogP contribution >= 0.6 is 0 Å². The van der Waals surface area contributed by atoms with Gasteiger partial charge in [0.05, 0.1) is 14.2 Å². The van der Waals surface area contributed by atoms with Gasteiger partial charge in [0, 0.05) is 16.7 Å². The topological polar surface area (TPSA) is 18.5 Å². The van der Waals surface area contributed by atoms with Crippen LogP contribution in [0.5, 0.6) is 0 Å². The SMILES string of the molecule is C=Cc1cccc2c1C(=C)C(OC)=C2OC. The van der Waals surface area contributed by atoms with E-state index in [-0.39, 0.29) is 0 Å². The van der Waals surface area contributed by atoms with Gasteiger partial charge in [0.25, 0.3) is 0 Å². The van der Waals surface area contributed by atoms with Gasteiger partial charge in [-0.05, 0) is 5.56 Å². The zero-order valence-electron chi connectivity index (χ0n) is 9.54. The molecule has 1 aromatic rings. The van der Waals surface area contributed by atoms with Crippen LogP contribution in [0, 0.1) is 0 Å². The zero-order chi connectivity index (χ0) is 11.7. The number of hydrogen-bond donors (Lipinski definition) is 0. The van der Waals surface area contributed by atoms with Crippen molar-refractivity contribution in [3.8, 4) is 0 Å². The molecular weight excluding hydrogens is 200 g/mol. The van der Waals surface area contributed by atoms with Crippen LogP contribution in [-0.2, 0) is 9.47 Å². The highest BCUT2D eigenvalue weighted by Crippen LogP contribution is 2.42. The lowest BCUT2D eigenvalue weighted by molar-refractivity contribution is 0.285. The number of benzene rings is 1. The van der Waals surface area contributed by atoms with Gasteiger partial charge in [-0.25, -0.2) is 0 Å². The fourth-order valence-corrected chi connectivity index (χ4v) is 2.06. The molecule has 0 unspecified atom stereocenters. The van der Waals surface area contributed by atoms with Crippen molar-refractivity contribution in [1.29, 1.82) is 0 Å². The van der Waals surface area contributed by atoms with E-state index in [9.17, 15) is 0 Å². The Labute approximate surface area is 95.5 Å². The van der Waals surface area contributed by atoms with E-state index >= 15 is 0 Å². The van der Waals surface area contributed by atoms with Crippen LogP contribution in [-0.4, -0.2) is 14.2 Å². The summed E-state index contributed by atoms with van der Waals surface area (Å²) < 4.78 is 10.7. The van der Waals surface area contributed by atoms with Crippen molar-refractivity contribution >= 4 is 17.4 Å². The summed E-state index contributed by atoms with van der Waals surface area (Å²) in [6.45, 7) is 7.85. The van der Waals surface area contributed by atoms with Crippen molar-refractivity contribution in [2.45, 2.75) is 0 Å². The Hall–Kier alpha value is -1.96. The maximum Gasteiger partial charge on any atom is 0.169 e.